The highest BCUT2D eigenvalue weighted by molar-refractivity contribution is 6.04. The van der Waals surface area contributed by atoms with Crippen LogP contribution in [0.4, 0.5) is 5.69 Å². The Balaban J connectivity index is 1.93. The summed E-state index contributed by atoms with van der Waals surface area (Å²) < 4.78 is 10.3. The summed E-state index contributed by atoms with van der Waals surface area (Å²) in [5.74, 6) is -0.0757. The number of carbonyl (C=O) groups is 1. The van der Waals surface area contributed by atoms with Gasteiger partial charge in [-0.15, -0.1) is 0 Å². The first-order valence-electron chi connectivity index (χ1n) is 8.32. The molecule has 2 aromatic rings. The number of nitro groups is 1. The molecule has 0 saturated heterocycles. The van der Waals surface area contributed by atoms with Crippen molar-refractivity contribution in [2.45, 2.75) is 19.3 Å². The van der Waals surface area contributed by atoms with E-state index in [0.29, 0.717) is 41.9 Å². The largest absolute Gasteiger partial charge is 0.496 e. The molecule has 0 fully saturated rings. The maximum Gasteiger partial charge on any atom is 0.369 e. The molecule has 1 aliphatic rings. The molecule has 0 heterocycles. The number of fused-ring (bicyclic) bond motifs is 1. The molecule has 1 aliphatic carbocycles. The van der Waals surface area contributed by atoms with Crippen LogP contribution in [0.5, 0.6) is 11.5 Å². The van der Waals surface area contributed by atoms with Crippen molar-refractivity contribution in [2.75, 3.05) is 14.2 Å². The second-order valence-corrected chi connectivity index (χ2v) is 5.87. The number of ether oxygens (including phenoxy) is 2. The van der Waals surface area contributed by atoms with Crippen molar-refractivity contribution < 1.29 is 24.0 Å². The van der Waals surface area contributed by atoms with Crippen LogP contribution < -0.4 is 9.47 Å². The first kappa shape index (κ1) is 18.4. The van der Waals surface area contributed by atoms with E-state index in [-0.39, 0.29) is 17.0 Å². The van der Waals surface area contributed by atoms with Crippen LogP contribution in [0.15, 0.2) is 41.6 Å². The Morgan fingerprint density at radius 2 is 1.81 bits per heavy atom. The molecule has 0 unspecified atom stereocenters. The van der Waals surface area contributed by atoms with Crippen LogP contribution in [-0.2, 0) is 11.3 Å². The van der Waals surface area contributed by atoms with Gasteiger partial charge in [-0.25, -0.2) is 4.79 Å². The normalized spacial score (nSPS) is 14.4. The average Bonchev–Trinajstić information content (AvgIpc) is 2.70. The van der Waals surface area contributed by atoms with Crippen molar-refractivity contribution in [1.29, 1.82) is 0 Å². The van der Waals surface area contributed by atoms with Gasteiger partial charge >= 0.3 is 11.7 Å². The fourth-order valence-electron chi connectivity index (χ4n) is 3.12. The highest BCUT2D eigenvalue weighted by Gasteiger charge is 2.29. The van der Waals surface area contributed by atoms with Gasteiger partial charge in [0.05, 0.1) is 24.9 Å². The third kappa shape index (κ3) is 3.59. The monoisotopic (exact) mass is 370 g/mol. The number of nitrogens with zero attached hydrogens (tertiary/aromatic N) is 2. The average molecular weight is 370 g/mol. The van der Waals surface area contributed by atoms with E-state index < -0.39 is 10.9 Å². The Morgan fingerprint density at radius 1 is 1.07 bits per heavy atom. The molecule has 0 spiro atoms. The van der Waals surface area contributed by atoms with E-state index in [1.54, 1.807) is 30.3 Å². The number of para-hydroxylation sites is 1. The van der Waals surface area contributed by atoms with E-state index in [0.717, 1.165) is 0 Å². The number of methoxy groups -OCH3 is 2. The second kappa shape index (κ2) is 7.86. The summed E-state index contributed by atoms with van der Waals surface area (Å²) >= 11 is 0. The Bertz CT molecular complexity index is 922. The molecule has 0 bridgehead atoms. The van der Waals surface area contributed by atoms with Gasteiger partial charge in [-0.3, -0.25) is 10.1 Å². The standard InChI is InChI=1S/C19H18N2O6/c1-25-16-9-4-3-6-14(16)19(22)27-20-15-8-5-7-13-12(15)10-11-17(26-2)18(13)21(23)24/h3-4,6,9-11H,5,7-8H2,1-2H3. The summed E-state index contributed by atoms with van der Waals surface area (Å²) in [4.78, 5) is 28.4. The maximum atomic E-state index is 12.3. The van der Waals surface area contributed by atoms with Gasteiger partial charge in [0, 0.05) is 11.1 Å². The lowest BCUT2D eigenvalue weighted by Gasteiger charge is -2.18. The van der Waals surface area contributed by atoms with Gasteiger partial charge in [0.2, 0.25) is 0 Å². The first-order chi connectivity index (χ1) is 13.1. The fourth-order valence-corrected chi connectivity index (χ4v) is 3.12. The fraction of sp³-hybridized carbons (Fsp3) is 0.263. The molecule has 0 aromatic heterocycles. The van der Waals surface area contributed by atoms with Crippen LogP contribution in [0, 0.1) is 10.1 Å². The summed E-state index contributed by atoms with van der Waals surface area (Å²) in [6.45, 7) is 0. The van der Waals surface area contributed by atoms with Crippen LogP contribution in [0.2, 0.25) is 0 Å². The minimum absolute atomic E-state index is 0.0709. The van der Waals surface area contributed by atoms with Crippen LogP contribution in [0.25, 0.3) is 0 Å². The summed E-state index contributed by atoms with van der Waals surface area (Å²) in [6, 6.07) is 9.89. The van der Waals surface area contributed by atoms with Crippen molar-refractivity contribution in [3.8, 4) is 11.5 Å². The predicted molar refractivity (Wildman–Crippen MR) is 97.5 cm³/mol. The Morgan fingerprint density at radius 3 is 2.52 bits per heavy atom. The smallest absolute Gasteiger partial charge is 0.369 e. The molecule has 8 heteroatoms. The van der Waals surface area contributed by atoms with Gasteiger partial charge in [0.25, 0.3) is 0 Å². The van der Waals surface area contributed by atoms with Gasteiger partial charge in [-0.1, -0.05) is 17.3 Å². The van der Waals surface area contributed by atoms with E-state index >= 15 is 0 Å². The lowest BCUT2D eigenvalue weighted by Crippen LogP contribution is -2.16. The lowest BCUT2D eigenvalue weighted by molar-refractivity contribution is -0.386. The topological polar surface area (TPSA) is 100 Å². The van der Waals surface area contributed by atoms with E-state index in [1.165, 1.54) is 20.3 Å². The third-order valence-electron chi connectivity index (χ3n) is 4.37. The van der Waals surface area contributed by atoms with Gasteiger partial charge in [0.15, 0.2) is 5.75 Å². The lowest BCUT2D eigenvalue weighted by atomic mass is 9.88. The second-order valence-electron chi connectivity index (χ2n) is 5.87. The van der Waals surface area contributed by atoms with Crippen molar-refractivity contribution in [3.05, 3.63) is 63.2 Å². The zero-order valence-corrected chi connectivity index (χ0v) is 14.9. The quantitative estimate of drug-likeness (QED) is 0.454. The Hall–Kier alpha value is -3.42. The molecule has 0 aliphatic heterocycles. The highest BCUT2D eigenvalue weighted by atomic mass is 16.7. The minimum atomic E-state index is -0.657. The molecular formula is C19H18N2O6. The van der Waals surface area contributed by atoms with E-state index in [9.17, 15) is 14.9 Å². The first-order valence-corrected chi connectivity index (χ1v) is 8.32. The van der Waals surface area contributed by atoms with Crippen LogP contribution >= 0.6 is 0 Å². The molecule has 0 radical (unpaired) electrons. The number of rotatable bonds is 5. The van der Waals surface area contributed by atoms with Crippen LogP contribution in [0.1, 0.15) is 34.3 Å². The Labute approximate surface area is 155 Å². The van der Waals surface area contributed by atoms with Crippen molar-refractivity contribution >= 4 is 17.4 Å². The SMILES string of the molecule is COc1ccccc1C(=O)ON=C1CCCc2c1ccc(OC)c2[N+](=O)[O-]. The molecule has 0 amide bonds. The highest BCUT2D eigenvalue weighted by Crippen LogP contribution is 2.37. The van der Waals surface area contributed by atoms with Crippen molar-refractivity contribution in [2.24, 2.45) is 5.16 Å². The molecule has 0 saturated carbocycles. The zero-order valence-electron chi connectivity index (χ0n) is 14.9. The van der Waals surface area contributed by atoms with Gasteiger partial charge in [0.1, 0.15) is 11.3 Å². The maximum absolute atomic E-state index is 12.3. The predicted octanol–water partition coefficient (Wildman–Crippen LogP) is 3.51. The number of carbonyl (C=O) groups excluding carboxylic acids is 1. The Kier molecular flexibility index (Phi) is 5.35. The van der Waals surface area contributed by atoms with Gasteiger partial charge < -0.3 is 14.3 Å². The number of oxime groups is 1. The zero-order chi connectivity index (χ0) is 19.4. The van der Waals surface area contributed by atoms with Gasteiger partial charge in [-0.2, -0.15) is 0 Å². The molecule has 0 atom stereocenters. The molecule has 140 valence electrons. The van der Waals surface area contributed by atoms with E-state index in [4.69, 9.17) is 14.3 Å². The van der Waals surface area contributed by atoms with Crippen LogP contribution in [0.3, 0.4) is 0 Å². The van der Waals surface area contributed by atoms with E-state index in [1.807, 2.05) is 0 Å². The van der Waals surface area contributed by atoms with Crippen molar-refractivity contribution in [3.63, 3.8) is 0 Å². The van der Waals surface area contributed by atoms with Crippen LogP contribution in [-0.4, -0.2) is 30.8 Å². The minimum Gasteiger partial charge on any atom is -0.496 e. The van der Waals surface area contributed by atoms with E-state index in [2.05, 4.69) is 5.16 Å². The summed E-state index contributed by atoms with van der Waals surface area (Å²) in [5.41, 5.74) is 1.81. The van der Waals surface area contributed by atoms with Crippen molar-refractivity contribution in [1.82, 2.24) is 0 Å². The molecular weight excluding hydrogens is 352 g/mol. The molecule has 2 aromatic carbocycles. The van der Waals surface area contributed by atoms with Gasteiger partial charge in [-0.05, 0) is 43.5 Å². The number of benzene rings is 2. The molecule has 0 N–H and O–H groups in total. The number of hydrogen-bond acceptors (Lipinski definition) is 7. The number of nitro benzene ring substituents is 1. The summed E-state index contributed by atoms with van der Waals surface area (Å²) in [7, 11) is 2.85. The summed E-state index contributed by atoms with van der Waals surface area (Å²) in [5, 5.41) is 15.4. The molecule has 3 rings (SSSR count). The molecule has 27 heavy (non-hydrogen) atoms. The molecule has 8 nitrogen and oxygen atoms in total. The third-order valence-corrected chi connectivity index (χ3v) is 4.37. The summed E-state index contributed by atoms with van der Waals surface area (Å²) in [6.07, 6.45) is 1.74. The number of hydrogen-bond donors (Lipinski definition) is 0.